The number of ether oxygens (including phenoxy) is 1. The van der Waals surface area contributed by atoms with Gasteiger partial charge in [0.25, 0.3) is 11.1 Å². The molecule has 7 nitrogen and oxygen atoms in total. The lowest BCUT2D eigenvalue weighted by atomic mass is 10.1. The van der Waals surface area contributed by atoms with Crippen molar-refractivity contribution in [3.8, 4) is 0 Å². The van der Waals surface area contributed by atoms with Gasteiger partial charge in [-0.1, -0.05) is 23.7 Å². The van der Waals surface area contributed by atoms with Gasteiger partial charge >= 0.3 is 5.97 Å². The number of nitrogens with zero attached hydrogens (tertiary/aromatic N) is 1. The zero-order valence-corrected chi connectivity index (χ0v) is 18.8. The highest BCUT2D eigenvalue weighted by molar-refractivity contribution is 8.18. The summed E-state index contributed by atoms with van der Waals surface area (Å²) in [6.45, 7) is -0.415. The molecule has 1 aliphatic carbocycles. The molecule has 2 aromatic carbocycles. The number of anilines is 1. The van der Waals surface area contributed by atoms with Crippen molar-refractivity contribution in [1.82, 2.24) is 4.90 Å². The fraction of sp³-hybridized carbons (Fsp3) is 0.217. The zero-order valence-electron chi connectivity index (χ0n) is 17.2. The summed E-state index contributed by atoms with van der Waals surface area (Å²) in [5, 5.41) is 11.5. The molecule has 0 bridgehead atoms. The fourth-order valence-corrected chi connectivity index (χ4v) is 4.86. The molecule has 1 atom stereocenters. The summed E-state index contributed by atoms with van der Waals surface area (Å²) in [6, 6.07) is 11.5. The lowest BCUT2D eigenvalue weighted by Gasteiger charge is -2.18. The number of amides is 2. The second-order valence-electron chi connectivity index (χ2n) is 7.41. The lowest BCUT2D eigenvalue weighted by Crippen LogP contribution is -2.34. The van der Waals surface area contributed by atoms with E-state index < -0.39 is 23.7 Å². The number of hydrogen-bond acceptors (Lipinski definition) is 7. The van der Waals surface area contributed by atoms with Crippen LogP contribution in [0.15, 0.2) is 41.3 Å². The predicted octanol–water partition coefficient (Wildman–Crippen LogP) is 4.65. The van der Waals surface area contributed by atoms with Crippen LogP contribution in [0.4, 0.5) is 10.5 Å². The summed E-state index contributed by atoms with van der Waals surface area (Å²) >= 11 is 6.87. The first-order valence-corrected chi connectivity index (χ1v) is 11.1. The summed E-state index contributed by atoms with van der Waals surface area (Å²) in [5.41, 5.74) is 4.58. The van der Waals surface area contributed by atoms with E-state index in [1.165, 1.54) is 24.5 Å². The smallest absolute Gasteiger partial charge is 0.325 e. The Morgan fingerprint density at radius 2 is 2.12 bits per heavy atom. The van der Waals surface area contributed by atoms with E-state index >= 15 is 0 Å². The van der Waals surface area contributed by atoms with Crippen molar-refractivity contribution in [2.24, 2.45) is 0 Å². The van der Waals surface area contributed by atoms with Crippen LogP contribution in [0.1, 0.15) is 34.7 Å². The number of fused-ring (bicyclic) bond motifs is 1. The van der Waals surface area contributed by atoms with Crippen molar-refractivity contribution in [3.05, 3.63) is 68.6 Å². The standard InChI is InChI=1S/C23H20ClN3O4S/c1-31-21(28)12-27-22(29)20(32-23(27)30)9-13-2-6-18(15(8-13)11-25)26-19-7-3-14-10-16(24)4-5-17(14)19/h2,4-6,8-11,19,25-26H,3,7,12H2,1H3. The second-order valence-corrected chi connectivity index (χ2v) is 8.84. The topological polar surface area (TPSA) is 99.6 Å². The van der Waals surface area contributed by atoms with Gasteiger partial charge in [0.15, 0.2) is 0 Å². The zero-order chi connectivity index (χ0) is 22.8. The summed E-state index contributed by atoms with van der Waals surface area (Å²) < 4.78 is 4.54. The Balaban J connectivity index is 1.54. The number of rotatable bonds is 6. The molecule has 1 unspecified atom stereocenters. The van der Waals surface area contributed by atoms with E-state index in [-0.39, 0.29) is 10.9 Å². The summed E-state index contributed by atoms with van der Waals surface area (Å²) in [5.74, 6) is -1.20. The number of methoxy groups -OCH3 is 1. The van der Waals surface area contributed by atoms with Crippen molar-refractivity contribution in [1.29, 1.82) is 5.41 Å². The maximum atomic E-state index is 12.5. The Morgan fingerprint density at radius 3 is 2.88 bits per heavy atom. The Kier molecular flexibility index (Phi) is 6.34. The molecule has 2 N–H and O–H groups in total. The van der Waals surface area contributed by atoms with Crippen molar-refractivity contribution in [3.63, 3.8) is 0 Å². The predicted molar refractivity (Wildman–Crippen MR) is 125 cm³/mol. The van der Waals surface area contributed by atoms with E-state index in [4.69, 9.17) is 17.0 Å². The van der Waals surface area contributed by atoms with Gasteiger partial charge in [0, 0.05) is 22.5 Å². The van der Waals surface area contributed by atoms with Crippen molar-refractivity contribution in [2.75, 3.05) is 19.0 Å². The van der Waals surface area contributed by atoms with Gasteiger partial charge in [-0.3, -0.25) is 19.3 Å². The van der Waals surface area contributed by atoms with Gasteiger partial charge in [0.2, 0.25) is 0 Å². The molecule has 0 spiro atoms. The average Bonchev–Trinajstić information content (AvgIpc) is 3.29. The minimum atomic E-state index is -0.661. The molecule has 2 amide bonds. The molecule has 0 saturated carbocycles. The van der Waals surface area contributed by atoms with Crippen LogP contribution in [-0.2, 0) is 20.7 Å². The second kappa shape index (κ2) is 9.18. The SMILES string of the molecule is COC(=O)CN1C(=O)SC(=Cc2ccc(NC3CCc4cc(Cl)ccc43)c(C=N)c2)C1=O. The highest BCUT2D eigenvalue weighted by Gasteiger charge is 2.36. The quantitative estimate of drug-likeness (QED) is 0.363. The number of carbonyl (C=O) groups is 3. The number of aryl methyl sites for hydroxylation is 1. The molecule has 0 aromatic heterocycles. The number of halogens is 1. The van der Waals surface area contributed by atoms with Gasteiger partial charge in [0.1, 0.15) is 6.54 Å². The van der Waals surface area contributed by atoms with Gasteiger partial charge in [-0.05, 0) is 71.6 Å². The third kappa shape index (κ3) is 4.42. The summed E-state index contributed by atoms with van der Waals surface area (Å²) in [4.78, 5) is 37.1. The van der Waals surface area contributed by atoms with Crippen LogP contribution in [0.3, 0.4) is 0 Å². The minimum absolute atomic E-state index is 0.127. The van der Waals surface area contributed by atoms with Crippen LogP contribution in [0, 0.1) is 5.41 Å². The molecule has 1 saturated heterocycles. The first-order valence-electron chi connectivity index (χ1n) is 9.91. The van der Waals surface area contributed by atoms with E-state index in [9.17, 15) is 14.4 Å². The number of benzene rings is 2. The molecule has 2 aliphatic rings. The molecule has 4 rings (SSSR count). The number of nitrogens with one attached hydrogen (secondary N) is 2. The monoisotopic (exact) mass is 469 g/mol. The third-order valence-corrected chi connectivity index (χ3v) is 6.57. The average molecular weight is 470 g/mol. The van der Waals surface area contributed by atoms with Gasteiger partial charge in [-0.15, -0.1) is 0 Å². The number of thioether (sulfide) groups is 1. The van der Waals surface area contributed by atoms with E-state index in [0.717, 1.165) is 40.2 Å². The molecular weight excluding hydrogens is 450 g/mol. The third-order valence-electron chi connectivity index (χ3n) is 5.43. The molecule has 0 radical (unpaired) electrons. The molecule has 164 valence electrons. The molecule has 1 heterocycles. The highest BCUT2D eigenvalue weighted by atomic mass is 35.5. The Bertz CT molecular complexity index is 1160. The van der Waals surface area contributed by atoms with Crippen LogP contribution in [-0.4, -0.2) is 41.9 Å². The number of imide groups is 1. The van der Waals surface area contributed by atoms with E-state index in [0.29, 0.717) is 11.1 Å². The van der Waals surface area contributed by atoms with Crippen LogP contribution in [0.2, 0.25) is 5.02 Å². The number of carbonyl (C=O) groups excluding carboxylic acids is 3. The maximum Gasteiger partial charge on any atom is 0.325 e. The van der Waals surface area contributed by atoms with Crippen LogP contribution >= 0.6 is 23.4 Å². The van der Waals surface area contributed by atoms with Crippen molar-refractivity contribution >= 4 is 58.5 Å². The summed E-state index contributed by atoms with van der Waals surface area (Å²) in [6.07, 6.45) is 4.71. The molecular formula is C23H20ClN3O4S. The van der Waals surface area contributed by atoms with E-state index in [1.807, 2.05) is 30.3 Å². The van der Waals surface area contributed by atoms with Crippen molar-refractivity contribution in [2.45, 2.75) is 18.9 Å². The highest BCUT2D eigenvalue weighted by Crippen LogP contribution is 2.36. The molecule has 2 aromatic rings. The molecule has 1 aliphatic heterocycles. The first-order chi connectivity index (χ1) is 15.4. The van der Waals surface area contributed by atoms with Gasteiger partial charge in [-0.2, -0.15) is 0 Å². The largest absolute Gasteiger partial charge is 0.468 e. The number of hydrogen-bond donors (Lipinski definition) is 2. The lowest BCUT2D eigenvalue weighted by molar-refractivity contribution is -0.143. The van der Waals surface area contributed by atoms with Gasteiger partial charge in [0.05, 0.1) is 18.1 Å². The van der Waals surface area contributed by atoms with Crippen LogP contribution < -0.4 is 5.32 Å². The van der Waals surface area contributed by atoms with Crippen LogP contribution in [0.25, 0.3) is 6.08 Å². The molecule has 9 heteroatoms. The van der Waals surface area contributed by atoms with E-state index in [2.05, 4.69) is 10.1 Å². The maximum absolute atomic E-state index is 12.5. The Hall–Kier alpha value is -3.10. The van der Waals surface area contributed by atoms with Gasteiger partial charge in [-0.25, -0.2) is 0 Å². The van der Waals surface area contributed by atoms with Gasteiger partial charge < -0.3 is 15.5 Å². The van der Waals surface area contributed by atoms with E-state index in [1.54, 1.807) is 12.1 Å². The normalized spacial score (nSPS) is 18.8. The summed E-state index contributed by atoms with van der Waals surface area (Å²) in [7, 11) is 1.20. The Morgan fingerprint density at radius 1 is 1.31 bits per heavy atom. The number of esters is 1. The first kappa shape index (κ1) is 22.1. The minimum Gasteiger partial charge on any atom is -0.468 e. The Labute approximate surface area is 194 Å². The van der Waals surface area contributed by atoms with Crippen LogP contribution in [0.5, 0.6) is 0 Å². The molecule has 1 fully saturated rings. The molecule has 32 heavy (non-hydrogen) atoms. The fourth-order valence-electron chi connectivity index (χ4n) is 3.83. The van der Waals surface area contributed by atoms with Crippen molar-refractivity contribution < 1.29 is 19.1 Å².